The number of carbonyl (C=O) groups is 2. The van der Waals surface area contributed by atoms with Crippen LogP contribution in [-0.4, -0.2) is 43.8 Å². The van der Waals surface area contributed by atoms with Gasteiger partial charge in [-0.25, -0.2) is 14.1 Å². The van der Waals surface area contributed by atoms with Crippen molar-refractivity contribution in [2.45, 2.75) is 33.7 Å². The molecule has 0 bridgehead atoms. The van der Waals surface area contributed by atoms with Crippen molar-refractivity contribution in [2.24, 2.45) is 0 Å². The lowest BCUT2D eigenvalue weighted by atomic mass is 10.2. The normalized spacial score (nSPS) is 11.7. The van der Waals surface area contributed by atoms with Gasteiger partial charge >= 0.3 is 6.03 Å². The van der Waals surface area contributed by atoms with Crippen LogP contribution in [0.15, 0.2) is 48.7 Å². The number of anilines is 2. The molecule has 1 aromatic heterocycles. The van der Waals surface area contributed by atoms with Crippen molar-refractivity contribution in [2.75, 3.05) is 22.8 Å². The zero-order valence-electron chi connectivity index (χ0n) is 19.9. The fraction of sp³-hybridized carbons (Fsp3) is 0.292. The second-order valence-corrected chi connectivity index (χ2v) is 9.23. The molecule has 0 aliphatic rings. The van der Waals surface area contributed by atoms with Gasteiger partial charge in [-0.3, -0.25) is 13.9 Å². The van der Waals surface area contributed by atoms with Crippen molar-refractivity contribution in [3.63, 3.8) is 0 Å². The van der Waals surface area contributed by atoms with E-state index in [0.29, 0.717) is 33.9 Å². The Labute approximate surface area is 212 Å². The van der Waals surface area contributed by atoms with Crippen LogP contribution < -0.4 is 14.5 Å². The van der Waals surface area contributed by atoms with Crippen LogP contribution in [0.2, 0.25) is 5.02 Å². The Morgan fingerprint density at radius 2 is 1.80 bits per heavy atom. The van der Waals surface area contributed by atoms with E-state index in [1.807, 2.05) is 13.8 Å². The van der Waals surface area contributed by atoms with Crippen molar-refractivity contribution in [3.05, 3.63) is 76.3 Å². The van der Waals surface area contributed by atoms with Crippen molar-refractivity contribution in [3.8, 4) is 0 Å². The maximum atomic E-state index is 13.0. The van der Waals surface area contributed by atoms with Crippen LogP contribution in [-0.2, 0) is 17.8 Å². The van der Waals surface area contributed by atoms with E-state index in [1.54, 1.807) is 61.0 Å². The third-order valence-corrected chi connectivity index (χ3v) is 6.42. The summed E-state index contributed by atoms with van der Waals surface area (Å²) in [5.41, 5.74) is 2.55. The Morgan fingerprint density at radius 1 is 1.14 bits per heavy atom. The molecule has 1 heterocycles. The SMILES string of the molecule is CCCNC(=O)N(C)c1ccc(Cn2cc(C(=O)N(c3ccc(C)cc3)S(=O)[O-])nc2C)c(Cl)c1. The zero-order valence-corrected chi connectivity index (χ0v) is 21.5. The second kappa shape index (κ2) is 11.5. The lowest BCUT2D eigenvalue weighted by Gasteiger charge is -2.23. The molecule has 1 unspecified atom stereocenters. The summed E-state index contributed by atoms with van der Waals surface area (Å²) in [5.74, 6) is -0.240. The van der Waals surface area contributed by atoms with Crippen LogP contribution in [0.5, 0.6) is 0 Å². The van der Waals surface area contributed by atoms with Gasteiger partial charge in [0, 0.05) is 30.5 Å². The molecule has 0 radical (unpaired) electrons. The standard InChI is InChI=1S/C24H28ClN5O4S/c1-5-12-26-24(32)28(4)20-11-8-18(21(25)13-20)14-29-15-22(27-17(29)3)23(31)30(35(33)34)19-9-6-16(2)7-10-19/h6-11,13,15H,5,12,14H2,1-4H3,(H,26,32)(H,33,34)/p-1. The first kappa shape index (κ1) is 26.4. The van der Waals surface area contributed by atoms with E-state index >= 15 is 0 Å². The Bertz CT molecular complexity index is 1250. The molecule has 9 nitrogen and oxygen atoms in total. The molecule has 3 aromatic rings. The molecule has 2 aromatic carbocycles. The van der Waals surface area contributed by atoms with Gasteiger partial charge in [0.2, 0.25) is 0 Å². The van der Waals surface area contributed by atoms with E-state index in [2.05, 4.69) is 10.3 Å². The van der Waals surface area contributed by atoms with Gasteiger partial charge in [-0.05, 0) is 50.1 Å². The van der Waals surface area contributed by atoms with E-state index < -0.39 is 17.2 Å². The highest BCUT2D eigenvalue weighted by Crippen LogP contribution is 2.25. The second-order valence-electron chi connectivity index (χ2n) is 8.02. The molecule has 1 N–H and O–H groups in total. The summed E-state index contributed by atoms with van der Waals surface area (Å²) in [6, 6.07) is 11.6. The van der Waals surface area contributed by atoms with Crippen molar-refractivity contribution < 1.29 is 18.4 Å². The van der Waals surface area contributed by atoms with Crippen LogP contribution in [0.25, 0.3) is 0 Å². The fourth-order valence-electron chi connectivity index (χ4n) is 3.35. The largest absolute Gasteiger partial charge is 0.755 e. The minimum absolute atomic E-state index is 0.00709. The number of urea groups is 1. The maximum absolute atomic E-state index is 13.0. The van der Waals surface area contributed by atoms with Crippen molar-refractivity contribution in [1.29, 1.82) is 0 Å². The molecule has 11 heteroatoms. The molecular formula is C24H27ClN5O4S-. The first-order valence-electron chi connectivity index (χ1n) is 11.0. The number of halogens is 1. The molecule has 0 aliphatic carbocycles. The van der Waals surface area contributed by atoms with Gasteiger partial charge in [-0.1, -0.05) is 42.3 Å². The fourth-order valence-corrected chi connectivity index (χ4v) is 4.11. The van der Waals surface area contributed by atoms with Crippen LogP contribution in [0.4, 0.5) is 16.2 Å². The monoisotopic (exact) mass is 516 g/mol. The minimum Gasteiger partial charge on any atom is -0.755 e. The van der Waals surface area contributed by atoms with E-state index in [9.17, 15) is 18.4 Å². The van der Waals surface area contributed by atoms with Crippen LogP contribution >= 0.6 is 11.6 Å². The lowest BCUT2D eigenvalue weighted by Crippen LogP contribution is -2.37. The highest BCUT2D eigenvalue weighted by Gasteiger charge is 2.23. The van der Waals surface area contributed by atoms with E-state index in [4.69, 9.17) is 11.6 Å². The van der Waals surface area contributed by atoms with E-state index in [0.717, 1.165) is 17.5 Å². The summed E-state index contributed by atoms with van der Waals surface area (Å²) in [4.78, 5) is 31.0. The number of carbonyl (C=O) groups excluding carboxylic acids is 2. The zero-order chi connectivity index (χ0) is 25.7. The van der Waals surface area contributed by atoms with Gasteiger partial charge in [-0.2, -0.15) is 0 Å². The number of nitrogens with one attached hydrogen (secondary N) is 1. The summed E-state index contributed by atoms with van der Waals surface area (Å²) in [5, 5.41) is 3.25. The first-order chi connectivity index (χ1) is 16.6. The van der Waals surface area contributed by atoms with Gasteiger partial charge in [0.05, 0.1) is 23.5 Å². The molecular weight excluding hydrogens is 490 g/mol. The molecule has 1 atom stereocenters. The third-order valence-electron chi connectivity index (χ3n) is 5.39. The molecule has 0 fully saturated rings. The maximum Gasteiger partial charge on any atom is 0.321 e. The highest BCUT2D eigenvalue weighted by molar-refractivity contribution is 7.81. The predicted octanol–water partition coefficient (Wildman–Crippen LogP) is 4.20. The molecule has 186 valence electrons. The molecule has 0 saturated heterocycles. The Morgan fingerprint density at radius 3 is 2.40 bits per heavy atom. The first-order valence-corrected chi connectivity index (χ1v) is 12.4. The Hall–Kier alpha value is -3.21. The number of hydrogen-bond acceptors (Lipinski definition) is 5. The summed E-state index contributed by atoms with van der Waals surface area (Å²) < 4.78 is 26.1. The topological polar surface area (TPSA) is 111 Å². The molecule has 35 heavy (non-hydrogen) atoms. The van der Waals surface area contributed by atoms with Crippen LogP contribution in [0.3, 0.4) is 0 Å². The van der Waals surface area contributed by atoms with Gasteiger partial charge in [-0.15, -0.1) is 0 Å². The van der Waals surface area contributed by atoms with Crippen LogP contribution in [0, 0.1) is 13.8 Å². The highest BCUT2D eigenvalue weighted by atomic mass is 35.5. The van der Waals surface area contributed by atoms with Crippen LogP contribution in [0.1, 0.15) is 40.8 Å². The number of aryl methyl sites for hydroxylation is 2. The number of hydrogen-bond donors (Lipinski definition) is 1. The van der Waals surface area contributed by atoms with Gasteiger partial charge < -0.3 is 14.4 Å². The molecule has 0 spiro atoms. The average Bonchev–Trinajstić information content (AvgIpc) is 3.19. The van der Waals surface area contributed by atoms with E-state index in [-0.39, 0.29) is 17.4 Å². The summed E-state index contributed by atoms with van der Waals surface area (Å²) in [6.45, 7) is 6.45. The summed E-state index contributed by atoms with van der Waals surface area (Å²) in [6.07, 6.45) is 2.34. The number of rotatable bonds is 8. The summed E-state index contributed by atoms with van der Waals surface area (Å²) in [7, 11) is 1.66. The average molecular weight is 517 g/mol. The summed E-state index contributed by atoms with van der Waals surface area (Å²) >= 11 is 3.67. The van der Waals surface area contributed by atoms with Gasteiger partial charge in [0.15, 0.2) is 0 Å². The lowest BCUT2D eigenvalue weighted by molar-refractivity contribution is 0.100. The van der Waals surface area contributed by atoms with Crippen molar-refractivity contribution >= 4 is 46.2 Å². The Balaban J connectivity index is 1.80. The molecule has 0 aliphatic heterocycles. The molecule has 3 rings (SSSR count). The third kappa shape index (κ3) is 6.27. The van der Waals surface area contributed by atoms with Crippen molar-refractivity contribution in [1.82, 2.24) is 14.9 Å². The number of benzene rings is 2. The van der Waals surface area contributed by atoms with Gasteiger partial charge in [0.1, 0.15) is 11.5 Å². The number of aromatic nitrogens is 2. The number of nitrogens with zero attached hydrogens (tertiary/aromatic N) is 4. The molecule has 0 saturated carbocycles. The predicted molar refractivity (Wildman–Crippen MR) is 137 cm³/mol. The Kier molecular flexibility index (Phi) is 8.66. The smallest absolute Gasteiger partial charge is 0.321 e. The molecule has 3 amide bonds. The quantitative estimate of drug-likeness (QED) is 0.451. The van der Waals surface area contributed by atoms with E-state index in [1.165, 1.54) is 11.1 Å². The van der Waals surface area contributed by atoms with Gasteiger partial charge in [0.25, 0.3) is 5.91 Å². The number of imidazole rings is 1. The number of amides is 3. The minimum atomic E-state index is -2.82.